The lowest BCUT2D eigenvalue weighted by atomic mass is 9.34. The molecule has 5 heteroatoms. The second-order valence-electron chi connectivity index (χ2n) is 16.0. The average molecular weight is 687 g/mol. The summed E-state index contributed by atoms with van der Waals surface area (Å²) in [6.07, 6.45) is 0.893. The van der Waals surface area contributed by atoms with E-state index in [4.69, 9.17) is 0 Å². The van der Waals surface area contributed by atoms with Gasteiger partial charge in [0.25, 0.3) is 6.71 Å². The van der Waals surface area contributed by atoms with Crippen molar-refractivity contribution in [2.45, 2.75) is 20.3 Å². The summed E-state index contributed by atoms with van der Waals surface area (Å²) in [6.45, 7) is 4.52. The molecule has 0 amide bonds. The summed E-state index contributed by atoms with van der Waals surface area (Å²) in [5.41, 5.74) is 27.1. The largest absolute Gasteiger partial charge is 0.295 e. The fourth-order valence-corrected chi connectivity index (χ4v) is 11.0. The van der Waals surface area contributed by atoms with Crippen molar-refractivity contribution in [3.8, 4) is 33.6 Å². The highest BCUT2D eigenvalue weighted by Gasteiger charge is 2.44. The first-order chi connectivity index (χ1) is 26.6. The van der Waals surface area contributed by atoms with Crippen molar-refractivity contribution in [2.75, 3.05) is 0 Å². The Morgan fingerprint density at radius 2 is 0.889 bits per heavy atom. The topological polar surface area (TPSA) is 18.7 Å². The van der Waals surface area contributed by atoms with E-state index in [-0.39, 0.29) is 6.71 Å². The van der Waals surface area contributed by atoms with Crippen LogP contribution in [0.1, 0.15) is 22.3 Å². The lowest BCUT2D eigenvalue weighted by Crippen LogP contribution is -2.59. The van der Waals surface area contributed by atoms with Crippen LogP contribution in [0.25, 0.3) is 88.8 Å². The Bertz CT molecular complexity index is 3340. The predicted molar refractivity (Wildman–Crippen MR) is 225 cm³/mol. The second-order valence-corrected chi connectivity index (χ2v) is 16.0. The van der Waals surface area contributed by atoms with Gasteiger partial charge in [-0.3, -0.25) is 17.9 Å². The third-order valence-corrected chi connectivity index (χ3v) is 12.9. The number of para-hydroxylation sites is 4. The van der Waals surface area contributed by atoms with Crippen molar-refractivity contribution in [2.24, 2.45) is 0 Å². The fourth-order valence-electron chi connectivity index (χ4n) is 11.0. The summed E-state index contributed by atoms with van der Waals surface area (Å²) in [5.74, 6) is 0. The zero-order chi connectivity index (χ0) is 35.1. The van der Waals surface area contributed by atoms with E-state index in [1.165, 1.54) is 127 Å². The van der Waals surface area contributed by atoms with Crippen LogP contribution in [0.15, 0.2) is 140 Å². The minimum Gasteiger partial charge on any atom is -0.295 e. The van der Waals surface area contributed by atoms with Crippen LogP contribution in [0.5, 0.6) is 0 Å². The molecule has 8 bridgehead atoms. The SMILES string of the molecule is Cc1cc2cc(c1)-c1ccc3c(c1)c1c4n(c5ccccc5n34)-c3cccc4c3B1c1c3cc(ccc3n3c5ccccc5n-4c13)-c1cc(C)cc(c1)C2. The summed E-state index contributed by atoms with van der Waals surface area (Å²) in [7, 11) is 0. The number of aromatic nitrogens is 4. The Morgan fingerprint density at radius 1 is 0.407 bits per heavy atom. The van der Waals surface area contributed by atoms with Crippen LogP contribution in [-0.2, 0) is 6.42 Å². The van der Waals surface area contributed by atoms with Gasteiger partial charge in [-0.1, -0.05) is 90.0 Å². The number of hydrogen-bond donors (Lipinski definition) is 0. The summed E-state index contributed by atoms with van der Waals surface area (Å²) < 4.78 is 10.2. The van der Waals surface area contributed by atoms with E-state index in [1.807, 2.05) is 0 Å². The first-order valence-electron chi connectivity index (χ1n) is 19.1. The smallest absolute Gasteiger partial charge is 0.258 e. The molecular formula is C49H31BN4. The third kappa shape index (κ3) is 3.17. The van der Waals surface area contributed by atoms with Crippen molar-refractivity contribution in [1.82, 2.24) is 17.9 Å². The molecule has 0 saturated heterocycles. The van der Waals surface area contributed by atoms with Crippen molar-refractivity contribution >= 4 is 78.3 Å². The normalized spacial score (nSPS) is 13.6. The zero-order valence-corrected chi connectivity index (χ0v) is 29.9. The van der Waals surface area contributed by atoms with E-state index in [1.54, 1.807) is 0 Å². The van der Waals surface area contributed by atoms with Gasteiger partial charge < -0.3 is 0 Å². The van der Waals surface area contributed by atoms with Gasteiger partial charge in [0.1, 0.15) is 11.3 Å². The number of aryl methyl sites for hydroxylation is 2. The van der Waals surface area contributed by atoms with Crippen LogP contribution in [0, 0.1) is 13.8 Å². The number of fused-ring (bicyclic) bond motifs is 18. The van der Waals surface area contributed by atoms with Crippen molar-refractivity contribution in [3.05, 3.63) is 162 Å². The highest BCUT2D eigenvalue weighted by atomic mass is 15.2. The van der Waals surface area contributed by atoms with Gasteiger partial charge in [0.2, 0.25) is 0 Å². The predicted octanol–water partition coefficient (Wildman–Crippen LogP) is 9.38. The molecule has 0 N–H and O–H groups in total. The van der Waals surface area contributed by atoms with Gasteiger partial charge in [0, 0.05) is 11.4 Å². The number of imidazole rings is 2. The molecule has 4 nitrogen and oxygen atoms in total. The lowest BCUT2D eigenvalue weighted by Gasteiger charge is -2.31. The maximum Gasteiger partial charge on any atom is 0.258 e. The molecule has 0 unspecified atom stereocenters. The van der Waals surface area contributed by atoms with E-state index in [0.29, 0.717) is 0 Å². The van der Waals surface area contributed by atoms with Gasteiger partial charge in [0.05, 0.1) is 33.1 Å². The highest BCUT2D eigenvalue weighted by molar-refractivity contribution is 7.02. The quantitative estimate of drug-likeness (QED) is 0.142. The first kappa shape index (κ1) is 27.9. The number of benzene rings is 7. The molecule has 7 aromatic carbocycles. The van der Waals surface area contributed by atoms with Gasteiger partial charge in [-0.2, -0.15) is 0 Å². The van der Waals surface area contributed by atoms with E-state index in [0.717, 1.165) is 6.42 Å². The monoisotopic (exact) mass is 686 g/mol. The summed E-state index contributed by atoms with van der Waals surface area (Å²) in [4.78, 5) is 0. The number of hydrogen-bond acceptors (Lipinski definition) is 0. The van der Waals surface area contributed by atoms with Gasteiger partial charge >= 0.3 is 0 Å². The molecule has 0 radical (unpaired) electrons. The Hall–Kier alpha value is -6.72. The summed E-state index contributed by atoms with van der Waals surface area (Å²) in [5, 5.41) is 2.66. The minimum atomic E-state index is 0.0318. The fraction of sp³-hybridized carbons (Fsp3) is 0.0612. The van der Waals surface area contributed by atoms with Crippen LogP contribution in [0.3, 0.4) is 0 Å². The van der Waals surface area contributed by atoms with Gasteiger partial charge in [-0.25, -0.2) is 0 Å². The van der Waals surface area contributed by atoms with E-state index in [2.05, 4.69) is 171 Å². The van der Waals surface area contributed by atoms with Crippen molar-refractivity contribution < 1.29 is 0 Å². The number of rotatable bonds is 0. The van der Waals surface area contributed by atoms with Crippen LogP contribution >= 0.6 is 0 Å². The van der Waals surface area contributed by atoms with Gasteiger partial charge in [-0.15, -0.1) is 0 Å². The second kappa shape index (κ2) is 9.25. The Balaban J connectivity index is 1.26. The average Bonchev–Trinajstić information content (AvgIpc) is 3.91. The van der Waals surface area contributed by atoms with Crippen LogP contribution in [0.4, 0.5) is 0 Å². The maximum atomic E-state index is 2.56. The maximum absolute atomic E-state index is 2.56. The Kier molecular flexibility index (Phi) is 4.78. The first-order valence-corrected chi connectivity index (χ1v) is 19.1. The van der Waals surface area contributed by atoms with Crippen LogP contribution < -0.4 is 16.4 Å². The molecule has 11 aromatic rings. The van der Waals surface area contributed by atoms with Crippen LogP contribution in [0.2, 0.25) is 0 Å². The van der Waals surface area contributed by atoms with Gasteiger partial charge in [-0.05, 0) is 141 Å². The van der Waals surface area contributed by atoms with Crippen LogP contribution in [-0.4, -0.2) is 24.6 Å². The van der Waals surface area contributed by atoms with Crippen molar-refractivity contribution in [3.63, 3.8) is 0 Å². The molecule has 0 fully saturated rings. The highest BCUT2D eigenvalue weighted by Crippen LogP contribution is 2.41. The molecule has 0 saturated carbocycles. The standard InChI is InChI=1S/C49H31BN4/c1-27-18-29-22-30-19-28(2)21-34(24-30)32-15-17-38-36(26-32)46-49-52(38)40-9-4-6-11-42(40)54(49)44-13-7-12-43-47(44)50(46)45-35-25-31(33(20-27)23-29)14-16-37(35)51-39-8-3-5-10-41(39)53(43)48(45)51/h3-21,23-26H,22H2,1-2H3. The molecule has 250 valence electrons. The summed E-state index contributed by atoms with van der Waals surface area (Å²) in [6, 6.07) is 53.7. The molecule has 7 heterocycles. The molecule has 4 aromatic heterocycles. The molecule has 3 aliphatic rings. The number of nitrogens with zero attached hydrogens (tertiary/aromatic N) is 4. The minimum absolute atomic E-state index is 0.0318. The Morgan fingerprint density at radius 3 is 1.39 bits per heavy atom. The van der Waals surface area contributed by atoms with E-state index in [9.17, 15) is 0 Å². The molecule has 0 aliphatic carbocycles. The molecular weight excluding hydrogens is 655 g/mol. The molecule has 0 atom stereocenters. The summed E-state index contributed by atoms with van der Waals surface area (Å²) >= 11 is 0. The van der Waals surface area contributed by atoms with Crippen molar-refractivity contribution in [1.29, 1.82) is 0 Å². The molecule has 3 aliphatic heterocycles. The van der Waals surface area contributed by atoms with E-state index >= 15 is 0 Å². The Labute approximate surface area is 310 Å². The molecule has 14 rings (SSSR count). The lowest BCUT2D eigenvalue weighted by molar-refractivity contribution is 1.12. The van der Waals surface area contributed by atoms with Gasteiger partial charge in [0.15, 0.2) is 0 Å². The third-order valence-electron chi connectivity index (χ3n) is 12.9. The van der Waals surface area contributed by atoms with E-state index < -0.39 is 0 Å². The zero-order valence-electron chi connectivity index (χ0n) is 29.9. The molecule has 54 heavy (non-hydrogen) atoms. The molecule has 0 spiro atoms.